The van der Waals surface area contributed by atoms with Gasteiger partial charge in [-0.15, -0.1) is 0 Å². The number of nitrogens with two attached hydrogens (primary N) is 1. The molecule has 8 heteroatoms. The van der Waals surface area contributed by atoms with E-state index in [1.165, 1.54) is 0 Å². The number of piperidine rings is 1. The van der Waals surface area contributed by atoms with Crippen LogP contribution in [0.5, 0.6) is 0 Å². The number of nitrogens with zero attached hydrogens (tertiary/aromatic N) is 4. The highest BCUT2D eigenvalue weighted by molar-refractivity contribution is 5.53. The molecule has 3 N–H and O–H groups in total. The number of aliphatic hydroxyl groups excluding tert-OH is 1. The molecular formula is C17H27N5O3. The van der Waals surface area contributed by atoms with Crippen LogP contribution in [0.3, 0.4) is 0 Å². The van der Waals surface area contributed by atoms with Crippen LogP contribution in [0.25, 0.3) is 0 Å². The molecule has 1 spiro atoms. The fraction of sp³-hybridized carbons (Fsp3) is 0.765. The van der Waals surface area contributed by atoms with E-state index in [1.807, 2.05) is 6.07 Å². The normalized spacial score (nSPS) is 28.9. The van der Waals surface area contributed by atoms with E-state index in [0.717, 1.165) is 51.3 Å². The molecule has 1 aromatic heterocycles. The monoisotopic (exact) mass is 349 g/mol. The van der Waals surface area contributed by atoms with Crippen LogP contribution in [0.1, 0.15) is 19.3 Å². The van der Waals surface area contributed by atoms with Crippen molar-refractivity contribution in [3.63, 3.8) is 0 Å². The maximum atomic E-state index is 10.3. The molecule has 8 nitrogen and oxygen atoms in total. The minimum absolute atomic E-state index is 0.0864. The molecule has 0 amide bonds. The average molecular weight is 349 g/mol. The van der Waals surface area contributed by atoms with E-state index in [9.17, 15) is 5.11 Å². The maximum Gasteiger partial charge on any atom is 0.229 e. The Morgan fingerprint density at radius 3 is 2.56 bits per heavy atom. The topological polar surface area (TPSA) is 97.0 Å². The number of rotatable bonds is 3. The molecule has 0 aromatic carbocycles. The number of hydrogen-bond donors (Lipinski definition) is 2. The molecule has 0 radical (unpaired) electrons. The summed E-state index contributed by atoms with van der Waals surface area (Å²) in [4.78, 5) is 13.5. The van der Waals surface area contributed by atoms with Gasteiger partial charge in [-0.3, -0.25) is 0 Å². The van der Waals surface area contributed by atoms with E-state index >= 15 is 0 Å². The molecule has 138 valence electrons. The predicted octanol–water partition coefficient (Wildman–Crippen LogP) is 0.262. The number of nitrogen functional groups attached to an aromatic ring is 1. The van der Waals surface area contributed by atoms with Crippen LogP contribution in [-0.2, 0) is 9.47 Å². The molecule has 0 unspecified atom stereocenters. The summed E-state index contributed by atoms with van der Waals surface area (Å²) in [5.74, 6) is 2.04. The van der Waals surface area contributed by atoms with Crippen LogP contribution in [0, 0.1) is 5.41 Å². The number of aliphatic hydroxyl groups is 1. The number of aromatic nitrogens is 2. The quantitative estimate of drug-likeness (QED) is 0.802. The maximum absolute atomic E-state index is 10.3. The molecular weight excluding hydrogens is 322 g/mol. The van der Waals surface area contributed by atoms with Gasteiger partial charge in [0.25, 0.3) is 0 Å². The van der Waals surface area contributed by atoms with Crippen molar-refractivity contribution in [2.75, 3.05) is 62.0 Å². The van der Waals surface area contributed by atoms with Crippen LogP contribution in [0.4, 0.5) is 17.6 Å². The smallest absolute Gasteiger partial charge is 0.229 e. The average Bonchev–Trinajstić information content (AvgIpc) is 2.66. The lowest BCUT2D eigenvalue weighted by atomic mass is 9.58. The molecule has 2 saturated heterocycles. The molecule has 0 bridgehead atoms. The first-order valence-electron chi connectivity index (χ1n) is 9.05. The molecule has 1 aliphatic carbocycles. The highest BCUT2D eigenvalue weighted by atomic mass is 16.5. The third kappa shape index (κ3) is 2.92. The largest absolute Gasteiger partial charge is 0.392 e. The Morgan fingerprint density at radius 1 is 1.20 bits per heavy atom. The Labute approximate surface area is 147 Å². The number of morpholine rings is 1. The summed E-state index contributed by atoms with van der Waals surface area (Å²) in [5, 5.41) is 10.3. The highest BCUT2D eigenvalue weighted by Gasteiger charge is 2.55. The molecule has 2 atom stereocenters. The SMILES string of the molecule is CO[C@H]1C[C@@H](O)C12CCN(c1cc(N)nc(N3CCOCC3)n1)CC2. The van der Waals surface area contributed by atoms with Gasteiger partial charge in [-0.1, -0.05) is 0 Å². The molecule has 3 heterocycles. The Hall–Kier alpha value is -1.64. The minimum Gasteiger partial charge on any atom is -0.392 e. The standard InChI is InChI=1S/C17H27N5O3/c1-24-13-10-12(23)17(13)2-4-21(5-3-17)15-11-14(18)19-16(20-15)22-6-8-25-9-7-22/h11-13,23H,2-10H2,1H3,(H2,18,19,20)/t12-,13+/m1/s1. The molecule has 1 aromatic rings. The first-order valence-corrected chi connectivity index (χ1v) is 9.05. The van der Waals surface area contributed by atoms with Crippen molar-refractivity contribution in [2.24, 2.45) is 5.41 Å². The van der Waals surface area contributed by atoms with E-state index in [4.69, 9.17) is 20.2 Å². The van der Waals surface area contributed by atoms with Crippen LogP contribution in [0.15, 0.2) is 6.07 Å². The molecule has 2 aliphatic heterocycles. The summed E-state index contributed by atoms with van der Waals surface area (Å²) in [6.45, 7) is 4.64. The van der Waals surface area contributed by atoms with E-state index < -0.39 is 0 Å². The molecule has 1 saturated carbocycles. The van der Waals surface area contributed by atoms with Gasteiger partial charge in [0.15, 0.2) is 0 Å². The van der Waals surface area contributed by atoms with Gasteiger partial charge in [0, 0.05) is 51.2 Å². The van der Waals surface area contributed by atoms with Crippen molar-refractivity contribution in [1.82, 2.24) is 9.97 Å². The van der Waals surface area contributed by atoms with Gasteiger partial charge in [0.05, 0.1) is 25.4 Å². The molecule has 25 heavy (non-hydrogen) atoms. The van der Waals surface area contributed by atoms with Gasteiger partial charge >= 0.3 is 0 Å². The summed E-state index contributed by atoms with van der Waals surface area (Å²) in [6.07, 6.45) is 2.48. The Bertz CT molecular complexity index is 614. The Balaban J connectivity index is 1.48. The van der Waals surface area contributed by atoms with Crippen LogP contribution in [-0.4, -0.2) is 73.8 Å². The molecule has 4 rings (SSSR count). The third-order valence-corrected chi connectivity index (χ3v) is 6.06. The van der Waals surface area contributed by atoms with Gasteiger partial charge in [0.2, 0.25) is 5.95 Å². The first-order chi connectivity index (χ1) is 12.1. The Kier molecular flexibility index (Phi) is 4.43. The zero-order chi connectivity index (χ0) is 17.4. The van der Waals surface area contributed by atoms with Crippen molar-refractivity contribution >= 4 is 17.6 Å². The van der Waals surface area contributed by atoms with Crippen molar-refractivity contribution in [3.05, 3.63) is 6.07 Å². The summed E-state index contributed by atoms with van der Waals surface area (Å²) >= 11 is 0. The fourth-order valence-electron chi connectivity index (χ4n) is 4.37. The van der Waals surface area contributed by atoms with Gasteiger partial charge < -0.3 is 30.1 Å². The Morgan fingerprint density at radius 2 is 1.92 bits per heavy atom. The third-order valence-electron chi connectivity index (χ3n) is 6.06. The van der Waals surface area contributed by atoms with Gasteiger partial charge in [-0.2, -0.15) is 9.97 Å². The fourth-order valence-corrected chi connectivity index (χ4v) is 4.37. The van der Waals surface area contributed by atoms with E-state index in [-0.39, 0.29) is 17.6 Å². The van der Waals surface area contributed by atoms with Crippen LogP contribution < -0.4 is 15.5 Å². The summed E-state index contributed by atoms with van der Waals surface area (Å²) < 4.78 is 11.0. The van der Waals surface area contributed by atoms with Gasteiger partial charge in [-0.05, 0) is 12.8 Å². The van der Waals surface area contributed by atoms with Crippen molar-refractivity contribution < 1.29 is 14.6 Å². The van der Waals surface area contributed by atoms with Crippen molar-refractivity contribution in [3.8, 4) is 0 Å². The molecule has 3 fully saturated rings. The van der Waals surface area contributed by atoms with Gasteiger partial charge in [-0.25, -0.2) is 0 Å². The summed E-state index contributed by atoms with van der Waals surface area (Å²) in [7, 11) is 1.74. The second kappa shape index (κ2) is 6.59. The van der Waals surface area contributed by atoms with Crippen molar-refractivity contribution in [1.29, 1.82) is 0 Å². The second-order valence-electron chi connectivity index (χ2n) is 7.25. The lowest BCUT2D eigenvalue weighted by molar-refractivity contribution is -0.190. The lowest BCUT2D eigenvalue weighted by Gasteiger charge is -2.56. The predicted molar refractivity (Wildman–Crippen MR) is 94.8 cm³/mol. The number of hydrogen-bond acceptors (Lipinski definition) is 8. The number of ether oxygens (including phenoxy) is 2. The zero-order valence-corrected chi connectivity index (χ0v) is 14.7. The summed E-state index contributed by atoms with van der Waals surface area (Å²) in [5.41, 5.74) is 5.95. The number of methoxy groups -OCH3 is 1. The van der Waals surface area contributed by atoms with Gasteiger partial charge in [0.1, 0.15) is 11.6 Å². The second-order valence-corrected chi connectivity index (χ2v) is 7.25. The van der Waals surface area contributed by atoms with Crippen LogP contribution in [0.2, 0.25) is 0 Å². The lowest BCUT2D eigenvalue weighted by Crippen LogP contribution is -2.62. The zero-order valence-electron chi connectivity index (χ0n) is 14.7. The van der Waals surface area contributed by atoms with E-state index in [0.29, 0.717) is 25.0 Å². The van der Waals surface area contributed by atoms with Crippen molar-refractivity contribution in [2.45, 2.75) is 31.5 Å². The minimum atomic E-state index is -0.251. The number of anilines is 3. The molecule has 3 aliphatic rings. The van der Waals surface area contributed by atoms with E-state index in [2.05, 4.69) is 14.8 Å². The van der Waals surface area contributed by atoms with E-state index in [1.54, 1.807) is 7.11 Å². The summed E-state index contributed by atoms with van der Waals surface area (Å²) in [6, 6.07) is 1.84. The highest BCUT2D eigenvalue weighted by Crippen LogP contribution is 2.51. The first kappa shape index (κ1) is 16.8. The van der Waals surface area contributed by atoms with Crippen LogP contribution >= 0.6 is 0 Å².